The number of hydrogen-bond acceptors (Lipinski definition) is 5. The molecule has 1 aromatic carbocycles. The second-order valence-electron chi connectivity index (χ2n) is 7.43. The summed E-state index contributed by atoms with van der Waals surface area (Å²) >= 11 is 0. The van der Waals surface area contributed by atoms with Crippen LogP contribution in [0.5, 0.6) is 0 Å². The summed E-state index contributed by atoms with van der Waals surface area (Å²) in [5.74, 6) is -1.72. The van der Waals surface area contributed by atoms with Crippen LogP contribution >= 0.6 is 0 Å². The SMILES string of the molecule is C[C@H](OC(=O)CN1C(=O)N[C@@](C)(c2ccccc2)C1=O)C(=O)NC1CCCC1. The zero-order chi connectivity index (χ0) is 20.3. The smallest absolute Gasteiger partial charge is 0.327 e. The average Bonchev–Trinajstić information content (AvgIpc) is 3.25. The van der Waals surface area contributed by atoms with E-state index in [0.717, 1.165) is 30.6 Å². The number of nitrogens with zero attached hydrogens (tertiary/aromatic N) is 1. The van der Waals surface area contributed by atoms with Gasteiger partial charge in [-0.2, -0.15) is 0 Å². The van der Waals surface area contributed by atoms with Crippen molar-refractivity contribution in [1.29, 1.82) is 0 Å². The number of carbonyl (C=O) groups is 4. The summed E-state index contributed by atoms with van der Waals surface area (Å²) in [7, 11) is 0. The molecule has 2 N–H and O–H groups in total. The Labute approximate surface area is 163 Å². The largest absolute Gasteiger partial charge is 0.451 e. The van der Waals surface area contributed by atoms with Gasteiger partial charge in [0.05, 0.1) is 0 Å². The van der Waals surface area contributed by atoms with Crippen LogP contribution < -0.4 is 10.6 Å². The molecule has 2 atom stereocenters. The van der Waals surface area contributed by atoms with Crippen LogP contribution in [0.4, 0.5) is 4.79 Å². The number of nitrogens with one attached hydrogen (secondary N) is 2. The van der Waals surface area contributed by atoms with Crippen molar-refractivity contribution in [3.8, 4) is 0 Å². The van der Waals surface area contributed by atoms with Crippen molar-refractivity contribution in [2.24, 2.45) is 0 Å². The van der Waals surface area contributed by atoms with Gasteiger partial charge in [0, 0.05) is 6.04 Å². The molecule has 0 unspecified atom stereocenters. The molecule has 0 bridgehead atoms. The van der Waals surface area contributed by atoms with E-state index in [4.69, 9.17) is 4.74 Å². The first-order chi connectivity index (χ1) is 13.3. The summed E-state index contributed by atoms with van der Waals surface area (Å²) < 4.78 is 5.13. The quantitative estimate of drug-likeness (QED) is 0.568. The Kier molecular flexibility index (Phi) is 5.67. The highest BCUT2D eigenvalue weighted by Crippen LogP contribution is 2.28. The van der Waals surface area contributed by atoms with Gasteiger partial charge >= 0.3 is 12.0 Å². The predicted octanol–water partition coefficient (Wildman–Crippen LogP) is 1.44. The third-order valence-electron chi connectivity index (χ3n) is 5.29. The van der Waals surface area contributed by atoms with Crippen LogP contribution in [0.3, 0.4) is 0 Å². The normalized spacial score (nSPS) is 23.4. The number of urea groups is 1. The molecule has 1 aromatic rings. The minimum absolute atomic E-state index is 0.117. The summed E-state index contributed by atoms with van der Waals surface area (Å²) in [6.45, 7) is 2.52. The summed E-state index contributed by atoms with van der Waals surface area (Å²) in [5.41, 5.74) is -0.627. The molecule has 2 fully saturated rings. The second-order valence-corrected chi connectivity index (χ2v) is 7.43. The lowest BCUT2D eigenvalue weighted by Gasteiger charge is -2.22. The van der Waals surface area contributed by atoms with Crippen LogP contribution in [0.2, 0.25) is 0 Å². The molecule has 0 spiro atoms. The van der Waals surface area contributed by atoms with Crippen molar-refractivity contribution in [2.75, 3.05) is 6.54 Å². The van der Waals surface area contributed by atoms with Gasteiger partial charge in [-0.3, -0.25) is 19.3 Å². The first kappa shape index (κ1) is 19.9. The van der Waals surface area contributed by atoms with Crippen molar-refractivity contribution in [1.82, 2.24) is 15.5 Å². The van der Waals surface area contributed by atoms with E-state index in [0.29, 0.717) is 5.56 Å². The molecule has 3 rings (SSSR count). The number of esters is 1. The molecule has 1 aliphatic carbocycles. The van der Waals surface area contributed by atoms with Crippen molar-refractivity contribution in [2.45, 2.75) is 57.2 Å². The lowest BCUT2D eigenvalue weighted by atomic mass is 9.92. The Morgan fingerprint density at radius 3 is 2.54 bits per heavy atom. The molecular formula is C20H25N3O5. The lowest BCUT2D eigenvalue weighted by molar-refractivity contribution is -0.156. The molecule has 1 saturated carbocycles. The first-order valence-electron chi connectivity index (χ1n) is 9.51. The maximum atomic E-state index is 12.8. The van der Waals surface area contributed by atoms with Crippen LogP contribution in [0, 0.1) is 0 Å². The van der Waals surface area contributed by atoms with Gasteiger partial charge < -0.3 is 15.4 Å². The summed E-state index contributed by atoms with van der Waals surface area (Å²) in [6.07, 6.45) is 3.01. The highest BCUT2D eigenvalue weighted by Gasteiger charge is 2.49. The van der Waals surface area contributed by atoms with E-state index in [-0.39, 0.29) is 11.9 Å². The minimum Gasteiger partial charge on any atom is -0.451 e. The van der Waals surface area contributed by atoms with Crippen LogP contribution in [0.25, 0.3) is 0 Å². The van der Waals surface area contributed by atoms with E-state index in [1.165, 1.54) is 6.92 Å². The molecule has 8 heteroatoms. The van der Waals surface area contributed by atoms with Gasteiger partial charge in [0.25, 0.3) is 11.8 Å². The molecule has 28 heavy (non-hydrogen) atoms. The fourth-order valence-corrected chi connectivity index (χ4v) is 3.61. The Balaban J connectivity index is 1.58. The van der Waals surface area contributed by atoms with Crippen LogP contribution in [-0.4, -0.2) is 47.4 Å². The lowest BCUT2D eigenvalue weighted by Crippen LogP contribution is -2.44. The van der Waals surface area contributed by atoms with Gasteiger partial charge in [-0.1, -0.05) is 43.2 Å². The molecule has 2 aliphatic rings. The van der Waals surface area contributed by atoms with Crippen LogP contribution in [0.15, 0.2) is 30.3 Å². The Hall–Kier alpha value is -2.90. The summed E-state index contributed by atoms with van der Waals surface area (Å²) in [5, 5.41) is 5.48. The zero-order valence-electron chi connectivity index (χ0n) is 16.1. The molecule has 1 aliphatic heterocycles. The standard InChI is InChI=1S/C20H25N3O5/c1-13(17(25)21-15-10-6-7-11-15)28-16(24)12-23-18(26)20(2,22-19(23)27)14-8-4-3-5-9-14/h3-5,8-9,13,15H,6-7,10-12H2,1-2H3,(H,21,25)(H,22,27)/t13-,20-/m0/s1. The van der Waals surface area contributed by atoms with Crippen molar-refractivity contribution >= 4 is 23.8 Å². The highest BCUT2D eigenvalue weighted by atomic mass is 16.5. The van der Waals surface area contributed by atoms with E-state index in [1.807, 2.05) is 0 Å². The zero-order valence-corrected chi connectivity index (χ0v) is 16.1. The third-order valence-corrected chi connectivity index (χ3v) is 5.29. The molecule has 0 aromatic heterocycles. The van der Waals surface area contributed by atoms with E-state index >= 15 is 0 Å². The van der Waals surface area contributed by atoms with E-state index < -0.39 is 36.1 Å². The Morgan fingerprint density at radius 2 is 1.89 bits per heavy atom. The molecule has 1 heterocycles. The van der Waals surface area contributed by atoms with Gasteiger partial charge in [-0.05, 0) is 32.3 Å². The maximum Gasteiger partial charge on any atom is 0.327 e. The molecular weight excluding hydrogens is 362 g/mol. The van der Waals surface area contributed by atoms with Gasteiger partial charge in [0.1, 0.15) is 12.1 Å². The van der Waals surface area contributed by atoms with Crippen molar-refractivity contribution in [3.63, 3.8) is 0 Å². The van der Waals surface area contributed by atoms with Gasteiger partial charge in [-0.15, -0.1) is 0 Å². The third kappa shape index (κ3) is 4.00. The van der Waals surface area contributed by atoms with Crippen molar-refractivity contribution < 1.29 is 23.9 Å². The summed E-state index contributed by atoms with van der Waals surface area (Å²) in [4.78, 5) is 50.2. The number of hydrogen-bond donors (Lipinski definition) is 2. The van der Waals surface area contributed by atoms with Gasteiger partial charge in [-0.25, -0.2) is 4.79 Å². The average molecular weight is 387 g/mol. The number of ether oxygens (including phenoxy) is 1. The van der Waals surface area contributed by atoms with Gasteiger partial charge in [0.15, 0.2) is 6.10 Å². The van der Waals surface area contributed by atoms with E-state index in [1.54, 1.807) is 37.3 Å². The van der Waals surface area contributed by atoms with E-state index in [2.05, 4.69) is 10.6 Å². The predicted molar refractivity (Wildman–Crippen MR) is 100.0 cm³/mol. The Bertz CT molecular complexity index is 775. The topological polar surface area (TPSA) is 105 Å². The van der Waals surface area contributed by atoms with Gasteiger partial charge in [0.2, 0.25) is 0 Å². The summed E-state index contributed by atoms with van der Waals surface area (Å²) in [6, 6.07) is 8.25. The minimum atomic E-state index is -1.25. The number of amides is 4. The molecule has 1 saturated heterocycles. The van der Waals surface area contributed by atoms with Crippen LogP contribution in [0.1, 0.15) is 45.1 Å². The second kappa shape index (κ2) is 8.00. The number of benzene rings is 1. The first-order valence-corrected chi connectivity index (χ1v) is 9.51. The fourth-order valence-electron chi connectivity index (χ4n) is 3.61. The molecule has 8 nitrogen and oxygen atoms in total. The molecule has 150 valence electrons. The van der Waals surface area contributed by atoms with Crippen LogP contribution in [-0.2, 0) is 24.7 Å². The van der Waals surface area contributed by atoms with Crippen molar-refractivity contribution in [3.05, 3.63) is 35.9 Å². The monoisotopic (exact) mass is 387 g/mol. The number of imide groups is 1. The Morgan fingerprint density at radius 1 is 1.25 bits per heavy atom. The molecule has 0 radical (unpaired) electrons. The van der Waals surface area contributed by atoms with E-state index in [9.17, 15) is 19.2 Å². The fraction of sp³-hybridized carbons (Fsp3) is 0.500. The number of rotatable bonds is 6. The number of carbonyl (C=O) groups excluding carboxylic acids is 4. The highest BCUT2D eigenvalue weighted by molar-refractivity contribution is 6.08. The molecule has 4 amide bonds. The maximum absolute atomic E-state index is 12.8.